The quantitative estimate of drug-likeness (QED) is 0.356. The molecule has 0 spiro atoms. The number of hydrogen-bond acceptors (Lipinski definition) is 8. The summed E-state index contributed by atoms with van der Waals surface area (Å²) >= 11 is 0. The van der Waals surface area contributed by atoms with Gasteiger partial charge in [0.1, 0.15) is 11.9 Å². The highest BCUT2D eigenvalue weighted by molar-refractivity contribution is 7.70. The first-order chi connectivity index (χ1) is 11.7. The molecule has 148 valence electrons. The summed E-state index contributed by atoms with van der Waals surface area (Å²) in [6, 6.07) is 1.04. The fraction of sp³-hybridized carbons (Fsp3) is 0.600. The molecule has 6 N–H and O–H groups in total. The van der Waals surface area contributed by atoms with Crippen LogP contribution in [0.5, 0.6) is 0 Å². The van der Waals surface area contributed by atoms with Crippen LogP contribution < -0.4 is 11.4 Å². The van der Waals surface area contributed by atoms with Gasteiger partial charge in [-0.15, -0.1) is 0 Å². The van der Waals surface area contributed by atoms with Crippen molar-refractivity contribution in [3.8, 4) is 0 Å². The normalized spacial score (nSPS) is 28.0. The minimum Gasteiger partial charge on any atom is -0.384 e. The summed E-state index contributed by atoms with van der Waals surface area (Å²) in [5.41, 5.74) is 4.07. The second-order valence-corrected chi connectivity index (χ2v) is 9.42. The third kappa shape index (κ3) is 4.72. The largest absolute Gasteiger partial charge is 0.384 e. The van der Waals surface area contributed by atoms with Gasteiger partial charge in [-0.05, 0) is 6.07 Å². The van der Waals surface area contributed by atoms with Crippen molar-refractivity contribution in [1.29, 1.82) is 0 Å². The smallest absolute Gasteiger partial charge is 0.351 e. The summed E-state index contributed by atoms with van der Waals surface area (Å²) in [6.07, 6.45) is -5.83. The Hall–Kier alpha value is -1.24. The summed E-state index contributed by atoms with van der Waals surface area (Å²) in [4.78, 5) is 41.6. The standard InChI is InChI=1S/C10H15F2N3O9P2/c11-10(12)7(16)5(3-23-26(21,22)4-25(18,19)20)24-8(10)15-2-1-6(13)14-9(15)17/h1-2,5,7-8,16H,3-4H2,(H,21,22)(H2,13,14,17)(H2,18,19,20)/t5-,7?,8-/m1/s1. The molecule has 2 heterocycles. The molecule has 16 heteroatoms. The molecule has 1 aromatic rings. The number of anilines is 1. The second-order valence-electron chi connectivity index (χ2n) is 5.43. The van der Waals surface area contributed by atoms with Gasteiger partial charge in [0.15, 0.2) is 12.0 Å². The van der Waals surface area contributed by atoms with Gasteiger partial charge in [0, 0.05) is 6.20 Å². The first-order valence-electron chi connectivity index (χ1n) is 6.80. The van der Waals surface area contributed by atoms with Crippen molar-refractivity contribution in [2.75, 3.05) is 18.2 Å². The molecule has 1 aliphatic heterocycles. The van der Waals surface area contributed by atoms with E-state index in [1.807, 2.05) is 0 Å². The minimum atomic E-state index is -4.92. The fourth-order valence-corrected chi connectivity index (χ4v) is 4.74. The molecular formula is C10H15F2N3O9P2. The van der Waals surface area contributed by atoms with Crippen molar-refractivity contribution >= 4 is 21.0 Å². The molecular weight excluding hydrogens is 406 g/mol. The zero-order valence-corrected chi connectivity index (χ0v) is 14.5. The van der Waals surface area contributed by atoms with Gasteiger partial charge in [0.25, 0.3) is 0 Å². The van der Waals surface area contributed by atoms with E-state index in [-0.39, 0.29) is 5.82 Å². The van der Waals surface area contributed by atoms with Crippen LogP contribution in [0.15, 0.2) is 17.1 Å². The van der Waals surface area contributed by atoms with Crippen LogP contribution >= 0.6 is 15.2 Å². The summed E-state index contributed by atoms with van der Waals surface area (Å²) < 4.78 is 60.3. The van der Waals surface area contributed by atoms with Crippen molar-refractivity contribution in [1.82, 2.24) is 9.55 Å². The molecule has 12 nitrogen and oxygen atoms in total. The number of alkyl halides is 2. The second kappa shape index (κ2) is 7.06. The molecule has 0 aromatic carbocycles. The Balaban J connectivity index is 2.17. The molecule has 2 rings (SSSR count). The van der Waals surface area contributed by atoms with Crippen molar-refractivity contribution in [3.63, 3.8) is 0 Å². The number of halogens is 2. The SMILES string of the molecule is Nc1ccn([C@@H]2O[C@H](COP(=O)(O)CP(=O)(O)O)C(O)C2(F)F)c(=O)n1. The van der Waals surface area contributed by atoms with Crippen LogP contribution in [-0.4, -0.2) is 60.0 Å². The molecule has 1 aliphatic rings. The number of ether oxygens (including phenoxy) is 1. The predicted molar refractivity (Wildman–Crippen MR) is 80.5 cm³/mol. The number of aliphatic hydroxyl groups is 1. The van der Waals surface area contributed by atoms with Crippen LogP contribution in [0.3, 0.4) is 0 Å². The van der Waals surface area contributed by atoms with Gasteiger partial charge < -0.3 is 34.8 Å². The third-order valence-electron chi connectivity index (χ3n) is 3.29. The van der Waals surface area contributed by atoms with Gasteiger partial charge in [0.05, 0.1) is 6.61 Å². The monoisotopic (exact) mass is 421 g/mol. The Morgan fingerprint density at radius 1 is 1.38 bits per heavy atom. The van der Waals surface area contributed by atoms with Gasteiger partial charge in [-0.1, -0.05) is 0 Å². The highest BCUT2D eigenvalue weighted by Crippen LogP contribution is 2.56. The van der Waals surface area contributed by atoms with E-state index >= 15 is 0 Å². The van der Waals surface area contributed by atoms with E-state index in [0.29, 0.717) is 4.57 Å². The van der Waals surface area contributed by atoms with Crippen LogP contribution in [-0.2, 0) is 18.4 Å². The maximum atomic E-state index is 14.2. The number of hydrogen-bond donors (Lipinski definition) is 5. The van der Waals surface area contributed by atoms with Crippen LogP contribution in [0.25, 0.3) is 0 Å². The number of nitrogens with zero attached hydrogens (tertiary/aromatic N) is 2. The topological polar surface area (TPSA) is 194 Å². The van der Waals surface area contributed by atoms with E-state index in [9.17, 15) is 32.7 Å². The Bertz CT molecular complexity index is 828. The fourth-order valence-electron chi connectivity index (χ4n) is 2.17. The summed E-state index contributed by atoms with van der Waals surface area (Å²) in [6.45, 7) is -1.09. The van der Waals surface area contributed by atoms with E-state index < -0.39 is 57.7 Å². The van der Waals surface area contributed by atoms with Gasteiger partial charge in [0.2, 0.25) is 6.23 Å². The van der Waals surface area contributed by atoms with Crippen LogP contribution in [0.4, 0.5) is 14.6 Å². The lowest BCUT2D eigenvalue weighted by Gasteiger charge is -2.20. The summed E-state index contributed by atoms with van der Waals surface area (Å²) in [5.74, 6) is -5.77. The maximum absolute atomic E-state index is 14.2. The highest BCUT2D eigenvalue weighted by atomic mass is 31.2. The van der Waals surface area contributed by atoms with Crippen LogP contribution in [0.1, 0.15) is 6.23 Å². The minimum absolute atomic E-state index is 0.230. The molecule has 0 amide bonds. The van der Waals surface area contributed by atoms with E-state index in [1.54, 1.807) is 0 Å². The van der Waals surface area contributed by atoms with Gasteiger partial charge in [-0.25, -0.2) is 4.79 Å². The molecule has 4 atom stereocenters. The lowest BCUT2D eigenvalue weighted by Crippen LogP contribution is -2.41. The lowest BCUT2D eigenvalue weighted by molar-refractivity contribution is -0.140. The van der Waals surface area contributed by atoms with Gasteiger partial charge in [-0.3, -0.25) is 13.7 Å². The lowest BCUT2D eigenvalue weighted by atomic mass is 10.1. The number of rotatable bonds is 6. The molecule has 26 heavy (non-hydrogen) atoms. The summed E-state index contributed by atoms with van der Waals surface area (Å²) in [5, 5.41) is 9.68. The van der Waals surface area contributed by atoms with E-state index in [1.165, 1.54) is 0 Å². The van der Waals surface area contributed by atoms with Crippen molar-refractivity contribution < 1.29 is 47.0 Å². The van der Waals surface area contributed by atoms with Crippen molar-refractivity contribution in [2.24, 2.45) is 0 Å². The molecule has 1 saturated heterocycles. The zero-order valence-electron chi connectivity index (χ0n) is 12.8. The Kier molecular flexibility index (Phi) is 5.72. The Labute approximate surface area is 143 Å². The molecule has 1 fully saturated rings. The number of nitrogen functional groups attached to an aromatic ring is 1. The number of aromatic nitrogens is 2. The van der Waals surface area contributed by atoms with E-state index in [4.69, 9.17) is 20.3 Å². The van der Waals surface area contributed by atoms with Gasteiger partial charge in [-0.2, -0.15) is 13.8 Å². The highest BCUT2D eigenvalue weighted by Gasteiger charge is 2.60. The molecule has 0 bridgehead atoms. The van der Waals surface area contributed by atoms with E-state index in [2.05, 4.69) is 9.51 Å². The van der Waals surface area contributed by atoms with Gasteiger partial charge >= 0.3 is 26.8 Å². The first-order valence-corrected chi connectivity index (χ1v) is 10.4. The third-order valence-corrected chi connectivity index (χ3v) is 6.74. The molecule has 1 aromatic heterocycles. The summed E-state index contributed by atoms with van der Waals surface area (Å²) in [7, 11) is -9.75. The molecule has 0 saturated carbocycles. The Morgan fingerprint density at radius 3 is 2.54 bits per heavy atom. The molecule has 2 unspecified atom stereocenters. The maximum Gasteiger partial charge on any atom is 0.351 e. The number of nitrogens with two attached hydrogens (primary N) is 1. The molecule has 0 radical (unpaired) electrons. The number of aliphatic hydroxyl groups excluding tert-OH is 1. The Morgan fingerprint density at radius 2 is 2.00 bits per heavy atom. The van der Waals surface area contributed by atoms with Crippen LogP contribution in [0, 0.1) is 0 Å². The van der Waals surface area contributed by atoms with Crippen LogP contribution in [0.2, 0.25) is 0 Å². The first kappa shape index (κ1) is 21.1. The van der Waals surface area contributed by atoms with Crippen molar-refractivity contribution in [3.05, 3.63) is 22.7 Å². The van der Waals surface area contributed by atoms with Crippen molar-refractivity contribution in [2.45, 2.75) is 24.4 Å². The predicted octanol–water partition coefficient (Wildman–Crippen LogP) is -0.944. The van der Waals surface area contributed by atoms with E-state index in [0.717, 1.165) is 12.3 Å². The average molecular weight is 421 g/mol. The zero-order chi connectivity index (χ0) is 19.9. The molecule has 0 aliphatic carbocycles. The average Bonchev–Trinajstić information content (AvgIpc) is 2.66.